The van der Waals surface area contributed by atoms with Gasteiger partial charge in [0.05, 0.1) is 0 Å². The van der Waals surface area contributed by atoms with Crippen LogP contribution in [0.3, 0.4) is 0 Å². The minimum Gasteiger partial charge on any atom is -0.332 e. The Hall–Kier alpha value is -2.38. The van der Waals surface area contributed by atoms with Crippen LogP contribution in [0.2, 0.25) is 0 Å². The minimum absolute atomic E-state index is 0. The summed E-state index contributed by atoms with van der Waals surface area (Å²) in [5, 5.41) is 7.71. The fraction of sp³-hybridized carbons (Fsp3) is 0.476. The quantitative estimate of drug-likeness (QED) is 0.826. The molecule has 0 saturated carbocycles. The summed E-state index contributed by atoms with van der Waals surface area (Å²) >= 11 is 0. The van der Waals surface area contributed by atoms with Gasteiger partial charge in [-0.2, -0.15) is 5.10 Å². The maximum atomic E-state index is 13.7. The van der Waals surface area contributed by atoms with E-state index in [9.17, 15) is 9.59 Å². The number of piperidine rings is 2. The third kappa shape index (κ3) is 3.89. The van der Waals surface area contributed by atoms with Gasteiger partial charge in [-0.25, -0.2) is 0 Å². The summed E-state index contributed by atoms with van der Waals surface area (Å²) in [6, 6.07) is 11.1. The van der Waals surface area contributed by atoms with Crippen LogP contribution in [0, 0.1) is 0 Å². The highest BCUT2D eigenvalue weighted by Crippen LogP contribution is 2.31. The number of carbonyl (C=O) groups excluding carboxylic acids is 2. The van der Waals surface area contributed by atoms with Crippen LogP contribution in [0.4, 0.5) is 5.69 Å². The van der Waals surface area contributed by atoms with Gasteiger partial charge in [0.1, 0.15) is 11.6 Å². The lowest BCUT2D eigenvalue weighted by Crippen LogP contribution is -2.60. The minimum atomic E-state index is -0.723. The molecule has 0 aliphatic carbocycles. The van der Waals surface area contributed by atoms with E-state index in [1.54, 1.807) is 27.7 Å². The Morgan fingerprint density at radius 2 is 1.93 bits per heavy atom. The molecule has 2 saturated heterocycles. The second-order valence-electron chi connectivity index (χ2n) is 7.63. The highest BCUT2D eigenvalue weighted by Gasteiger charge is 2.46. The first-order valence-electron chi connectivity index (χ1n) is 9.98. The van der Waals surface area contributed by atoms with Crippen molar-refractivity contribution in [3.8, 4) is 0 Å². The smallest absolute Gasteiger partial charge is 0.251 e. The van der Waals surface area contributed by atoms with Crippen molar-refractivity contribution >= 4 is 29.9 Å². The van der Waals surface area contributed by atoms with Crippen molar-refractivity contribution in [1.82, 2.24) is 20.0 Å². The summed E-state index contributed by atoms with van der Waals surface area (Å²) in [6.45, 7) is 2.21. The van der Waals surface area contributed by atoms with Crippen LogP contribution in [-0.2, 0) is 15.1 Å². The number of nitrogens with zero attached hydrogens (tertiary/aromatic N) is 4. The Morgan fingerprint density at radius 1 is 1.21 bits per heavy atom. The summed E-state index contributed by atoms with van der Waals surface area (Å²) in [4.78, 5) is 30.4. The summed E-state index contributed by atoms with van der Waals surface area (Å²) < 4.78 is 1.79. The maximum Gasteiger partial charge on any atom is 0.251 e. The molecule has 29 heavy (non-hydrogen) atoms. The fourth-order valence-electron chi connectivity index (χ4n) is 4.45. The predicted octanol–water partition coefficient (Wildman–Crippen LogP) is 2.04. The molecular formula is C21H28ClN5O2. The van der Waals surface area contributed by atoms with Gasteiger partial charge in [-0.1, -0.05) is 18.2 Å². The summed E-state index contributed by atoms with van der Waals surface area (Å²) in [6.07, 6.45) is 6.47. The van der Waals surface area contributed by atoms with Gasteiger partial charge >= 0.3 is 0 Å². The zero-order valence-electron chi connectivity index (χ0n) is 16.7. The van der Waals surface area contributed by atoms with E-state index in [0.29, 0.717) is 25.8 Å². The molecule has 1 aromatic heterocycles. The molecule has 8 heteroatoms. The number of likely N-dealkylation sites (N-methyl/N-ethyl adjacent to an activating group) is 1. The molecule has 0 spiro atoms. The Balaban J connectivity index is 0.00000240. The molecule has 2 amide bonds. The lowest BCUT2D eigenvalue weighted by Gasteiger charge is -2.43. The van der Waals surface area contributed by atoms with Gasteiger partial charge in [-0.15, -0.1) is 12.4 Å². The number of hydrogen-bond donors (Lipinski definition) is 1. The van der Waals surface area contributed by atoms with Crippen LogP contribution in [-0.4, -0.2) is 59.2 Å². The number of nitrogens with one attached hydrogen (secondary N) is 1. The normalized spacial score (nSPS) is 21.3. The largest absolute Gasteiger partial charge is 0.332 e. The number of halogens is 1. The lowest BCUT2D eigenvalue weighted by molar-refractivity contribution is -0.148. The predicted molar refractivity (Wildman–Crippen MR) is 114 cm³/mol. The zero-order valence-corrected chi connectivity index (χ0v) is 17.5. The molecule has 7 nitrogen and oxygen atoms in total. The molecule has 1 N–H and O–H groups in total. The number of anilines is 1. The molecule has 0 radical (unpaired) electrons. The third-order valence-electron chi connectivity index (χ3n) is 6.04. The van der Waals surface area contributed by atoms with Gasteiger partial charge in [0.2, 0.25) is 5.91 Å². The van der Waals surface area contributed by atoms with Gasteiger partial charge in [0.25, 0.3) is 5.91 Å². The first-order chi connectivity index (χ1) is 13.6. The number of benzene rings is 1. The van der Waals surface area contributed by atoms with E-state index in [1.165, 1.54) is 0 Å². The number of hydrogen-bond acceptors (Lipinski definition) is 4. The van der Waals surface area contributed by atoms with Crippen LogP contribution < -0.4 is 10.2 Å². The summed E-state index contributed by atoms with van der Waals surface area (Å²) in [5.74, 6) is -0.0242. The maximum absolute atomic E-state index is 13.7. The highest BCUT2D eigenvalue weighted by atomic mass is 35.5. The number of carbonyl (C=O) groups is 2. The Morgan fingerprint density at radius 3 is 2.59 bits per heavy atom. The standard InChI is InChI=1S/C21H27N5O2.ClH/c1-24(18-9-5-15-25(19(18)27)17-7-3-2-4-8-17)20(28)21(10-13-22-14-11-21)26-16-6-12-23-26;/h2-4,6-8,12,16,18,22H,5,9-11,13-15H2,1H3;1H. The van der Waals surface area contributed by atoms with Crippen molar-refractivity contribution in [2.45, 2.75) is 37.3 Å². The monoisotopic (exact) mass is 417 g/mol. The molecular weight excluding hydrogens is 390 g/mol. The van der Waals surface area contributed by atoms with Crippen molar-refractivity contribution in [3.05, 3.63) is 48.8 Å². The molecule has 1 unspecified atom stereocenters. The third-order valence-corrected chi connectivity index (χ3v) is 6.04. The average Bonchev–Trinajstić information content (AvgIpc) is 3.29. The van der Waals surface area contributed by atoms with Crippen molar-refractivity contribution in [3.63, 3.8) is 0 Å². The van der Waals surface area contributed by atoms with Crippen LogP contribution in [0.15, 0.2) is 48.8 Å². The van der Waals surface area contributed by atoms with Crippen LogP contribution in [0.1, 0.15) is 25.7 Å². The van der Waals surface area contributed by atoms with Gasteiger partial charge in [-0.3, -0.25) is 14.3 Å². The number of amides is 2. The first-order valence-corrected chi connectivity index (χ1v) is 9.98. The van der Waals surface area contributed by atoms with Gasteiger partial charge < -0.3 is 15.1 Å². The molecule has 2 aliphatic rings. The first kappa shape index (κ1) is 21.3. The van der Waals surface area contributed by atoms with Crippen molar-refractivity contribution < 1.29 is 9.59 Å². The second kappa shape index (κ2) is 8.97. The molecule has 1 atom stereocenters. The summed E-state index contributed by atoms with van der Waals surface area (Å²) in [7, 11) is 1.77. The number of para-hydroxylation sites is 1. The molecule has 2 fully saturated rings. The fourth-order valence-corrected chi connectivity index (χ4v) is 4.45. The van der Waals surface area contributed by atoms with Gasteiger partial charge in [0.15, 0.2) is 0 Å². The van der Waals surface area contributed by atoms with E-state index >= 15 is 0 Å². The van der Waals surface area contributed by atoms with E-state index in [-0.39, 0.29) is 24.2 Å². The molecule has 3 heterocycles. The number of rotatable bonds is 4. The van der Waals surface area contributed by atoms with Crippen molar-refractivity contribution in [2.24, 2.45) is 0 Å². The molecule has 4 rings (SSSR count). The van der Waals surface area contributed by atoms with Crippen LogP contribution >= 0.6 is 12.4 Å². The Kier molecular flexibility index (Phi) is 6.59. The van der Waals surface area contributed by atoms with E-state index < -0.39 is 11.6 Å². The Labute approximate surface area is 177 Å². The topological polar surface area (TPSA) is 70.5 Å². The van der Waals surface area contributed by atoms with Crippen LogP contribution in [0.5, 0.6) is 0 Å². The SMILES string of the molecule is CN(C(=O)C1(n2cccn2)CCNCC1)C1CCCN(c2ccccc2)C1=O.Cl. The van der Waals surface area contributed by atoms with Crippen molar-refractivity contribution in [1.29, 1.82) is 0 Å². The molecule has 2 aliphatic heterocycles. The molecule has 156 valence electrons. The van der Waals surface area contributed by atoms with Crippen molar-refractivity contribution in [2.75, 3.05) is 31.6 Å². The summed E-state index contributed by atoms with van der Waals surface area (Å²) in [5.41, 5.74) is 0.167. The lowest BCUT2D eigenvalue weighted by atomic mass is 9.86. The van der Waals surface area contributed by atoms with Gasteiger partial charge in [0, 0.05) is 31.7 Å². The second-order valence-corrected chi connectivity index (χ2v) is 7.63. The van der Waals surface area contributed by atoms with E-state index in [0.717, 1.165) is 25.2 Å². The van der Waals surface area contributed by atoms with E-state index in [4.69, 9.17) is 0 Å². The number of aromatic nitrogens is 2. The molecule has 1 aromatic carbocycles. The zero-order chi connectivity index (χ0) is 19.6. The molecule has 2 aromatic rings. The van der Waals surface area contributed by atoms with Gasteiger partial charge in [-0.05, 0) is 57.0 Å². The highest BCUT2D eigenvalue weighted by molar-refractivity contribution is 6.00. The molecule has 0 bridgehead atoms. The van der Waals surface area contributed by atoms with E-state index in [1.807, 2.05) is 42.6 Å². The average molecular weight is 418 g/mol. The Bertz CT molecular complexity index is 821. The van der Waals surface area contributed by atoms with E-state index in [2.05, 4.69) is 10.4 Å². The van der Waals surface area contributed by atoms with Crippen LogP contribution in [0.25, 0.3) is 0 Å².